The summed E-state index contributed by atoms with van der Waals surface area (Å²) in [5.74, 6) is 2.13. The fourth-order valence-electron chi connectivity index (χ4n) is 1.93. The Morgan fingerprint density at radius 2 is 2.05 bits per heavy atom. The summed E-state index contributed by atoms with van der Waals surface area (Å²) in [5.41, 5.74) is 0.748. The lowest BCUT2D eigenvalue weighted by molar-refractivity contribution is 0.146. The van der Waals surface area contributed by atoms with Crippen LogP contribution in [-0.2, 0) is 11.2 Å². The first kappa shape index (κ1) is 16.1. The number of aryl methyl sites for hydroxylation is 1. The summed E-state index contributed by atoms with van der Waals surface area (Å²) in [5, 5.41) is 10.4. The number of aliphatic hydroxyl groups is 1. The van der Waals surface area contributed by atoms with Gasteiger partial charge in [-0.2, -0.15) is 0 Å². The first-order valence-corrected chi connectivity index (χ1v) is 7.62. The monoisotopic (exact) mass is 354 g/mol. The molecule has 1 N–H and O–H groups in total. The van der Waals surface area contributed by atoms with Gasteiger partial charge in [-0.25, -0.2) is 0 Å². The third-order valence-electron chi connectivity index (χ3n) is 3.12. The second-order valence-corrected chi connectivity index (χ2v) is 5.45. The van der Waals surface area contributed by atoms with E-state index in [1.54, 1.807) is 13.2 Å². The van der Waals surface area contributed by atoms with Crippen LogP contribution in [-0.4, -0.2) is 25.4 Å². The van der Waals surface area contributed by atoms with Gasteiger partial charge >= 0.3 is 0 Å². The Kier molecular flexibility index (Phi) is 5.85. The molecule has 114 valence electrons. The molecule has 0 spiro atoms. The van der Waals surface area contributed by atoms with E-state index in [-0.39, 0.29) is 0 Å². The minimum atomic E-state index is -0.783. The van der Waals surface area contributed by atoms with E-state index in [9.17, 15) is 5.11 Å². The van der Waals surface area contributed by atoms with Crippen LogP contribution >= 0.6 is 15.9 Å². The van der Waals surface area contributed by atoms with Crippen LogP contribution in [0.4, 0.5) is 0 Å². The number of hydrogen-bond acceptors (Lipinski definition) is 4. The van der Waals surface area contributed by atoms with Crippen molar-refractivity contribution < 1.29 is 19.0 Å². The Morgan fingerprint density at radius 1 is 1.24 bits per heavy atom. The summed E-state index contributed by atoms with van der Waals surface area (Å²) in [6.45, 7) is 3.02. The van der Waals surface area contributed by atoms with Crippen LogP contribution in [0.3, 0.4) is 0 Å². The average Bonchev–Trinajstić information content (AvgIpc) is 2.97. The van der Waals surface area contributed by atoms with Crippen molar-refractivity contribution in [3.05, 3.63) is 51.9 Å². The Morgan fingerprint density at radius 3 is 2.67 bits per heavy atom. The molecule has 0 aliphatic rings. The SMILES string of the molecule is CCc1ccc(C(O)c2ccc(OCCOC)c(Br)c2)o1. The first-order chi connectivity index (χ1) is 10.2. The highest BCUT2D eigenvalue weighted by molar-refractivity contribution is 9.10. The maximum Gasteiger partial charge on any atom is 0.137 e. The molecule has 0 aliphatic carbocycles. The van der Waals surface area contributed by atoms with Crippen molar-refractivity contribution in [3.8, 4) is 5.75 Å². The van der Waals surface area contributed by atoms with Gasteiger partial charge in [-0.1, -0.05) is 13.0 Å². The largest absolute Gasteiger partial charge is 0.490 e. The molecule has 0 saturated carbocycles. The van der Waals surface area contributed by atoms with Gasteiger partial charge < -0.3 is 19.0 Å². The van der Waals surface area contributed by atoms with Crippen LogP contribution in [0, 0.1) is 0 Å². The molecule has 0 fully saturated rings. The van der Waals surface area contributed by atoms with E-state index in [2.05, 4.69) is 15.9 Å². The Hall–Kier alpha value is -1.30. The second-order valence-electron chi connectivity index (χ2n) is 4.59. The molecule has 2 aromatic rings. The maximum absolute atomic E-state index is 10.4. The molecule has 1 unspecified atom stereocenters. The van der Waals surface area contributed by atoms with Crippen LogP contribution < -0.4 is 4.74 Å². The predicted octanol–water partition coefficient (Wildman–Crippen LogP) is 3.71. The summed E-state index contributed by atoms with van der Waals surface area (Å²) in [7, 11) is 1.63. The Bertz CT molecular complexity index is 579. The molecule has 0 radical (unpaired) electrons. The average molecular weight is 355 g/mol. The molecule has 1 heterocycles. The minimum Gasteiger partial charge on any atom is -0.490 e. The van der Waals surface area contributed by atoms with Gasteiger partial charge in [0.25, 0.3) is 0 Å². The number of rotatable bonds is 7. The van der Waals surface area contributed by atoms with Crippen molar-refractivity contribution in [1.29, 1.82) is 0 Å². The maximum atomic E-state index is 10.4. The predicted molar refractivity (Wildman–Crippen MR) is 83.7 cm³/mol. The molecule has 1 atom stereocenters. The third kappa shape index (κ3) is 4.09. The van der Waals surface area contributed by atoms with Crippen molar-refractivity contribution in [1.82, 2.24) is 0 Å². The topological polar surface area (TPSA) is 51.8 Å². The third-order valence-corrected chi connectivity index (χ3v) is 3.74. The Balaban J connectivity index is 2.11. The number of aliphatic hydroxyl groups excluding tert-OH is 1. The molecule has 0 saturated heterocycles. The molecule has 0 bridgehead atoms. The zero-order valence-corrected chi connectivity index (χ0v) is 13.7. The molecule has 1 aromatic heterocycles. The standard InChI is InChI=1S/C16H19BrO4/c1-3-12-5-7-15(21-12)16(18)11-4-6-14(13(17)10-11)20-9-8-19-2/h4-7,10,16,18H,3,8-9H2,1-2H3. The van der Waals surface area contributed by atoms with Crippen LogP contribution in [0.2, 0.25) is 0 Å². The summed E-state index contributed by atoms with van der Waals surface area (Å²) >= 11 is 3.45. The number of ether oxygens (including phenoxy) is 2. The van der Waals surface area contributed by atoms with Crippen molar-refractivity contribution in [2.45, 2.75) is 19.4 Å². The number of halogens is 1. The normalized spacial score (nSPS) is 12.4. The lowest BCUT2D eigenvalue weighted by Crippen LogP contribution is -2.05. The van der Waals surface area contributed by atoms with E-state index in [0.29, 0.717) is 19.0 Å². The van der Waals surface area contributed by atoms with E-state index in [0.717, 1.165) is 28.0 Å². The van der Waals surface area contributed by atoms with Gasteiger partial charge in [0.05, 0.1) is 11.1 Å². The lowest BCUT2D eigenvalue weighted by Gasteiger charge is -2.12. The molecule has 0 aliphatic heterocycles. The van der Waals surface area contributed by atoms with Gasteiger partial charge in [0.2, 0.25) is 0 Å². The van der Waals surface area contributed by atoms with Crippen molar-refractivity contribution in [3.63, 3.8) is 0 Å². The minimum absolute atomic E-state index is 0.481. The second kappa shape index (κ2) is 7.64. The Labute approximate surface area is 132 Å². The zero-order chi connectivity index (χ0) is 15.2. The highest BCUT2D eigenvalue weighted by Gasteiger charge is 2.16. The number of hydrogen-bond donors (Lipinski definition) is 1. The fourth-order valence-corrected chi connectivity index (χ4v) is 2.45. The van der Waals surface area contributed by atoms with Gasteiger partial charge in [0.15, 0.2) is 0 Å². The van der Waals surface area contributed by atoms with E-state index in [4.69, 9.17) is 13.9 Å². The number of methoxy groups -OCH3 is 1. The van der Waals surface area contributed by atoms with E-state index in [1.165, 1.54) is 0 Å². The van der Waals surface area contributed by atoms with Gasteiger partial charge in [-0.3, -0.25) is 0 Å². The lowest BCUT2D eigenvalue weighted by atomic mass is 10.1. The van der Waals surface area contributed by atoms with Crippen molar-refractivity contribution >= 4 is 15.9 Å². The summed E-state index contributed by atoms with van der Waals surface area (Å²) in [6, 6.07) is 9.17. The molecule has 0 amide bonds. The zero-order valence-electron chi connectivity index (χ0n) is 12.1. The molecular formula is C16H19BrO4. The summed E-state index contributed by atoms with van der Waals surface area (Å²) < 4.78 is 16.9. The molecule has 5 heteroatoms. The van der Waals surface area contributed by atoms with Crippen LogP contribution in [0.5, 0.6) is 5.75 Å². The smallest absolute Gasteiger partial charge is 0.137 e. The van der Waals surface area contributed by atoms with E-state index >= 15 is 0 Å². The molecule has 1 aromatic carbocycles. The fraction of sp³-hybridized carbons (Fsp3) is 0.375. The van der Waals surface area contributed by atoms with Gasteiger partial charge in [0, 0.05) is 13.5 Å². The number of benzene rings is 1. The molecule has 21 heavy (non-hydrogen) atoms. The van der Waals surface area contributed by atoms with Crippen LogP contribution in [0.15, 0.2) is 39.2 Å². The van der Waals surface area contributed by atoms with Gasteiger partial charge in [-0.05, 0) is 45.8 Å². The van der Waals surface area contributed by atoms with E-state index in [1.807, 2.05) is 31.2 Å². The quantitative estimate of drug-likeness (QED) is 0.770. The van der Waals surface area contributed by atoms with Crippen LogP contribution in [0.25, 0.3) is 0 Å². The van der Waals surface area contributed by atoms with Gasteiger partial charge in [0.1, 0.15) is 30.0 Å². The highest BCUT2D eigenvalue weighted by Crippen LogP contribution is 2.31. The summed E-state index contributed by atoms with van der Waals surface area (Å²) in [6.07, 6.45) is 0.0255. The van der Waals surface area contributed by atoms with Crippen LogP contribution in [0.1, 0.15) is 30.1 Å². The van der Waals surface area contributed by atoms with Gasteiger partial charge in [-0.15, -0.1) is 0 Å². The number of furan rings is 1. The molecule has 2 rings (SSSR count). The van der Waals surface area contributed by atoms with E-state index < -0.39 is 6.10 Å². The molecule has 4 nitrogen and oxygen atoms in total. The van der Waals surface area contributed by atoms with Crippen molar-refractivity contribution in [2.24, 2.45) is 0 Å². The molecular weight excluding hydrogens is 336 g/mol. The highest BCUT2D eigenvalue weighted by atomic mass is 79.9. The first-order valence-electron chi connectivity index (χ1n) is 6.83. The van der Waals surface area contributed by atoms with Crippen molar-refractivity contribution in [2.75, 3.05) is 20.3 Å². The summed E-state index contributed by atoms with van der Waals surface area (Å²) in [4.78, 5) is 0.